The zero-order valence-corrected chi connectivity index (χ0v) is 13.3. The van der Waals surface area contributed by atoms with Gasteiger partial charge in [0.15, 0.2) is 0 Å². The van der Waals surface area contributed by atoms with Crippen molar-refractivity contribution in [2.45, 2.75) is 66.0 Å². The molecule has 0 aromatic rings. The summed E-state index contributed by atoms with van der Waals surface area (Å²) in [4.78, 5) is 2.32. The van der Waals surface area contributed by atoms with Crippen molar-refractivity contribution in [2.24, 2.45) is 5.41 Å². The highest BCUT2D eigenvalue weighted by atomic mass is 16.3. The Hall–Kier alpha value is -0.120. The molecule has 0 aliphatic carbocycles. The minimum Gasteiger partial charge on any atom is -0.393 e. The molecule has 0 spiro atoms. The SMILES string of the molecule is CCCNC(CCN(C)CCC(C)O)C(C)(C)C. The Kier molecular flexibility index (Phi) is 8.83. The maximum absolute atomic E-state index is 9.29. The third-order valence-corrected chi connectivity index (χ3v) is 3.41. The van der Waals surface area contributed by atoms with Crippen LogP contribution in [0.4, 0.5) is 0 Å². The molecule has 0 saturated carbocycles. The molecule has 3 nitrogen and oxygen atoms in total. The van der Waals surface area contributed by atoms with Crippen molar-refractivity contribution in [3.8, 4) is 0 Å². The van der Waals surface area contributed by atoms with Gasteiger partial charge in [-0.15, -0.1) is 0 Å². The Labute approximate surface area is 114 Å². The normalized spacial score (nSPS) is 16.0. The molecule has 0 radical (unpaired) electrons. The quantitative estimate of drug-likeness (QED) is 0.667. The van der Waals surface area contributed by atoms with Crippen molar-refractivity contribution in [1.82, 2.24) is 10.2 Å². The second-order valence-corrected chi connectivity index (χ2v) is 6.60. The molecule has 110 valence electrons. The molecule has 0 fully saturated rings. The lowest BCUT2D eigenvalue weighted by molar-refractivity contribution is 0.158. The lowest BCUT2D eigenvalue weighted by atomic mass is 9.84. The van der Waals surface area contributed by atoms with Gasteiger partial charge in [0.25, 0.3) is 0 Å². The van der Waals surface area contributed by atoms with E-state index in [0.29, 0.717) is 11.5 Å². The first-order valence-electron chi connectivity index (χ1n) is 7.37. The van der Waals surface area contributed by atoms with Gasteiger partial charge < -0.3 is 15.3 Å². The van der Waals surface area contributed by atoms with Gasteiger partial charge in [-0.2, -0.15) is 0 Å². The zero-order valence-electron chi connectivity index (χ0n) is 13.3. The average molecular weight is 258 g/mol. The summed E-state index contributed by atoms with van der Waals surface area (Å²) >= 11 is 0. The van der Waals surface area contributed by atoms with E-state index in [1.807, 2.05) is 6.92 Å². The largest absolute Gasteiger partial charge is 0.393 e. The van der Waals surface area contributed by atoms with Crippen LogP contribution < -0.4 is 5.32 Å². The number of hydrogen-bond donors (Lipinski definition) is 2. The molecular weight excluding hydrogens is 224 g/mol. The molecule has 0 saturated heterocycles. The molecular formula is C15H34N2O. The lowest BCUT2D eigenvalue weighted by Crippen LogP contribution is -2.43. The van der Waals surface area contributed by atoms with Gasteiger partial charge in [0.1, 0.15) is 0 Å². The van der Waals surface area contributed by atoms with E-state index in [4.69, 9.17) is 0 Å². The molecule has 3 heteroatoms. The summed E-state index contributed by atoms with van der Waals surface area (Å²) in [5, 5.41) is 12.9. The number of hydrogen-bond acceptors (Lipinski definition) is 3. The Morgan fingerprint density at radius 1 is 1.17 bits per heavy atom. The van der Waals surface area contributed by atoms with E-state index >= 15 is 0 Å². The number of nitrogens with one attached hydrogen (secondary N) is 1. The highest BCUT2D eigenvalue weighted by Crippen LogP contribution is 2.22. The molecule has 0 rings (SSSR count). The van der Waals surface area contributed by atoms with Crippen LogP contribution in [0.15, 0.2) is 0 Å². The maximum Gasteiger partial charge on any atom is 0.0524 e. The minimum absolute atomic E-state index is 0.191. The van der Waals surface area contributed by atoms with E-state index in [-0.39, 0.29) is 6.10 Å². The van der Waals surface area contributed by atoms with E-state index in [2.05, 4.69) is 45.0 Å². The topological polar surface area (TPSA) is 35.5 Å². The van der Waals surface area contributed by atoms with Crippen molar-refractivity contribution in [2.75, 3.05) is 26.7 Å². The molecule has 0 aliphatic rings. The summed E-state index contributed by atoms with van der Waals surface area (Å²) in [6.07, 6.45) is 3.02. The second kappa shape index (κ2) is 8.89. The highest BCUT2D eigenvalue weighted by molar-refractivity contribution is 4.81. The Morgan fingerprint density at radius 2 is 1.72 bits per heavy atom. The van der Waals surface area contributed by atoms with Crippen molar-refractivity contribution in [3.63, 3.8) is 0 Å². The Bertz CT molecular complexity index is 199. The van der Waals surface area contributed by atoms with Gasteiger partial charge >= 0.3 is 0 Å². The fourth-order valence-electron chi connectivity index (χ4n) is 2.03. The Morgan fingerprint density at radius 3 is 2.17 bits per heavy atom. The van der Waals surface area contributed by atoms with Crippen LogP contribution in [-0.4, -0.2) is 48.8 Å². The zero-order chi connectivity index (χ0) is 14.2. The first-order chi connectivity index (χ1) is 8.27. The third-order valence-electron chi connectivity index (χ3n) is 3.41. The molecule has 0 aromatic heterocycles. The molecule has 0 heterocycles. The summed E-state index contributed by atoms with van der Waals surface area (Å²) in [5.41, 5.74) is 0.306. The van der Waals surface area contributed by atoms with Gasteiger partial charge in [-0.05, 0) is 51.7 Å². The number of aliphatic hydroxyl groups is 1. The molecule has 2 N–H and O–H groups in total. The fourth-order valence-corrected chi connectivity index (χ4v) is 2.03. The molecule has 2 unspecified atom stereocenters. The molecule has 0 aromatic carbocycles. The van der Waals surface area contributed by atoms with Crippen LogP contribution in [0.1, 0.15) is 53.9 Å². The molecule has 2 atom stereocenters. The number of aliphatic hydroxyl groups excluding tert-OH is 1. The van der Waals surface area contributed by atoms with Crippen molar-refractivity contribution >= 4 is 0 Å². The second-order valence-electron chi connectivity index (χ2n) is 6.60. The van der Waals surface area contributed by atoms with Gasteiger partial charge in [0, 0.05) is 12.6 Å². The summed E-state index contributed by atoms with van der Waals surface area (Å²) < 4.78 is 0. The summed E-state index contributed by atoms with van der Waals surface area (Å²) in [6, 6.07) is 0.562. The van der Waals surface area contributed by atoms with Gasteiger partial charge in [-0.1, -0.05) is 27.7 Å². The highest BCUT2D eigenvalue weighted by Gasteiger charge is 2.23. The van der Waals surface area contributed by atoms with Crippen LogP contribution >= 0.6 is 0 Å². The molecule has 0 aliphatic heterocycles. The predicted molar refractivity (Wildman–Crippen MR) is 79.9 cm³/mol. The van der Waals surface area contributed by atoms with Gasteiger partial charge in [-0.25, -0.2) is 0 Å². The minimum atomic E-state index is -0.191. The smallest absolute Gasteiger partial charge is 0.0524 e. The number of nitrogens with zero attached hydrogens (tertiary/aromatic N) is 1. The van der Waals surface area contributed by atoms with Crippen molar-refractivity contribution in [3.05, 3.63) is 0 Å². The van der Waals surface area contributed by atoms with Crippen molar-refractivity contribution < 1.29 is 5.11 Å². The van der Waals surface area contributed by atoms with Gasteiger partial charge in [-0.3, -0.25) is 0 Å². The molecule has 18 heavy (non-hydrogen) atoms. The van der Waals surface area contributed by atoms with E-state index in [1.54, 1.807) is 0 Å². The van der Waals surface area contributed by atoms with E-state index in [9.17, 15) is 5.11 Å². The number of rotatable bonds is 9. The standard InChI is InChI=1S/C15H34N2O/c1-7-10-16-14(15(3,4)5)9-12-17(6)11-8-13(2)18/h13-14,16,18H,7-12H2,1-6H3. The lowest BCUT2D eigenvalue weighted by Gasteiger charge is -2.33. The van der Waals surface area contributed by atoms with E-state index in [1.165, 1.54) is 12.8 Å². The van der Waals surface area contributed by atoms with Gasteiger partial charge in [0.05, 0.1) is 6.10 Å². The van der Waals surface area contributed by atoms with E-state index in [0.717, 1.165) is 26.1 Å². The summed E-state index contributed by atoms with van der Waals surface area (Å²) in [6.45, 7) is 14.1. The molecule has 0 bridgehead atoms. The fraction of sp³-hybridized carbons (Fsp3) is 1.00. The third kappa shape index (κ3) is 8.90. The van der Waals surface area contributed by atoms with Crippen molar-refractivity contribution in [1.29, 1.82) is 0 Å². The maximum atomic E-state index is 9.29. The first kappa shape index (κ1) is 17.9. The van der Waals surface area contributed by atoms with Crippen LogP contribution in [-0.2, 0) is 0 Å². The van der Waals surface area contributed by atoms with Crippen LogP contribution in [0.25, 0.3) is 0 Å². The Balaban J connectivity index is 4.01. The molecule has 0 amide bonds. The summed E-state index contributed by atoms with van der Waals surface area (Å²) in [7, 11) is 2.14. The summed E-state index contributed by atoms with van der Waals surface area (Å²) in [5.74, 6) is 0. The van der Waals surface area contributed by atoms with Crippen LogP contribution in [0.3, 0.4) is 0 Å². The average Bonchev–Trinajstić information content (AvgIpc) is 2.24. The van der Waals surface area contributed by atoms with Gasteiger partial charge in [0.2, 0.25) is 0 Å². The van der Waals surface area contributed by atoms with Crippen LogP contribution in [0.2, 0.25) is 0 Å². The van der Waals surface area contributed by atoms with Crippen LogP contribution in [0, 0.1) is 5.41 Å². The van der Waals surface area contributed by atoms with E-state index < -0.39 is 0 Å². The van der Waals surface area contributed by atoms with Crippen LogP contribution in [0.5, 0.6) is 0 Å². The predicted octanol–water partition coefficient (Wildman–Crippen LogP) is 2.49. The monoisotopic (exact) mass is 258 g/mol. The first-order valence-corrected chi connectivity index (χ1v) is 7.37.